The van der Waals surface area contributed by atoms with Crippen molar-refractivity contribution in [3.63, 3.8) is 0 Å². The van der Waals surface area contributed by atoms with Gasteiger partial charge in [0.2, 0.25) is 5.95 Å². The summed E-state index contributed by atoms with van der Waals surface area (Å²) in [6, 6.07) is 5.86. The van der Waals surface area contributed by atoms with Crippen molar-refractivity contribution in [2.45, 2.75) is 69.7 Å². The summed E-state index contributed by atoms with van der Waals surface area (Å²) in [5.74, 6) is 0.376. The number of rotatable bonds is 7. The maximum absolute atomic E-state index is 14.8. The Bertz CT molecular complexity index is 1400. The molecule has 13 heteroatoms. The predicted molar refractivity (Wildman–Crippen MR) is 142 cm³/mol. The molecule has 0 amide bonds. The first-order valence-corrected chi connectivity index (χ1v) is 13.5. The number of ether oxygens (including phenoxy) is 2. The Labute approximate surface area is 225 Å². The molecule has 2 aromatic heterocycles. The fraction of sp³-hybridized carbons (Fsp3) is 0.577. The highest BCUT2D eigenvalue weighted by Crippen LogP contribution is 2.38. The van der Waals surface area contributed by atoms with Gasteiger partial charge in [-0.25, -0.2) is 14.2 Å². The lowest BCUT2D eigenvalue weighted by Gasteiger charge is -2.47. The Balaban J connectivity index is 1.24. The van der Waals surface area contributed by atoms with Crippen LogP contribution in [0.5, 0.6) is 5.75 Å². The van der Waals surface area contributed by atoms with Gasteiger partial charge < -0.3 is 20.1 Å². The monoisotopic (exact) mass is 539 g/mol. The molecule has 6 rings (SSSR count). The van der Waals surface area contributed by atoms with Gasteiger partial charge in [-0.2, -0.15) is 14.3 Å². The summed E-state index contributed by atoms with van der Waals surface area (Å²) in [6.45, 7) is 6.75. The molecule has 0 unspecified atom stereocenters. The molecule has 5 heterocycles. The number of piperidine rings is 1. The number of aromatic nitrogens is 6. The van der Waals surface area contributed by atoms with E-state index in [1.54, 1.807) is 18.2 Å². The normalized spacial score (nSPS) is 24.5. The summed E-state index contributed by atoms with van der Waals surface area (Å²) in [5.41, 5.74) is 0.622. The quantitative estimate of drug-likeness (QED) is 0.463. The van der Waals surface area contributed by atoms with Crippen LogP contribution >= 0.6 is 0 Å². The summed E-state index contributed by atoms with van der Waals surface area (Å²) in [7, 11) is 1.53. The van der Waals surface area contributed by atoms with Crippen molar-refractivity contribution in [3.8, 4) is 11.4 Å². The summed E-state index contributed by atoms with van der Waals surface area (Å²) >= 11 is 0. The predicted octanol–water partition coefficient (Wildman–Crippen LogP) is 2.62. The molecule has 208 valence electrons. The minimum absolute atomic E-state index is 0.0466. The zero-order chi connectivity index (χ0) is 27.1. The van der Waals surface area contributed by atoms with E-state index in [0.29, 0.717) is 36.4 Å². The second-order valence-electron chi connectivity index (χ2n) is 11.2. The maximum Gasteiger partial charge on any atom is 0.368 e. The Morgan fingerprint density at radius 2 is 2.10 bits per heavy atom. The third-order valence-electron chi connectivity index (χ3n) is 7.89. The van der Waals surface area contributed by atoms with E-state index in [1.807, 2.05) is 0 Å². The first-order chi connectivity index (χ1) is 18.8. The number of tetrazole rings is 1. The smallest absolute Gasteiger partial charge is 0.368 e. The van der Waals surface area contributed by atoms with Gasteiger partial charge in [-0.15, -0.1) is 0 Å². The molecule has 3 atom stereocenters. The topological polar surface area (TPSA) is 124 Å². The number of nitrogens with zero attached hydrogens (tertiary/aromatic N) is 7. The number of aryl methyl sites for hydroxylation is 1. The Morgan fingerprint density at radius 1 is 1.23 bits per heavy atom. The lowest BCUT2D eigenvalue weighted by molar-refractivity contribution is 0.0500. The van der Waals surface area contributed by atoms with Crippen LogP contribution in [0.4, 0.5) is 21.8 Å². The SMILES string of the molecule is Cn1nnn(-c2cc(Nc3ncc(F)c(N[C@@H]4C[C@@H]5CCCN5C(C)(C)C4)n3)ccc2O[C@@H]2CCOC2)c1=O. The van der Waals surface area contributed by atoms with Crippen molar-refractivity contribution in [3.05, 3.63) is 40.7 Å². The molecule has 2 N–H and O–H groups in total. The van der Waals surface area contributed by atoms with Crippen LogP contribution in [0.1, 0.15) is 46.0 Å². The molecule has 0 spiro atoms. The van der Waals surface area contributed by atoms with Gasteiger partial charge >= 0.3 is 5.69 Å². The third kappa shape index (κ3) is 5.20. The standard InChI is InChI=1S/C26H34FN9O3/c1-26(2)13-17(11-18-5-4-9-35(18)26)29-23-20(27)14-28-24(31-23)30-16-6-7-22(39-19-8-10-38-15-19)21(12-16)36-25(37)34(3)32-33-36/h6-7,12,14,17-19H,4-5,8-11,13,15H2,1-3H3,(H2,28,29,30,31)/t17-,18+,19-/m1/s1. The van der Waals surface area contributed by atoms with Crippen LogP contribution in [0.25, 0.3) is 5.69 Å². The lowest BCUT2D eigenvalue weighted by atomic mass is 9.84. The van der Waals surface area contributed by atoms with Crippen LogP contribution in [0.15, 0.2) is 29.2 Å². The Morgan fingerprint density at radius 3 is 2.87 bits per heavy atom. The molecule has 0 saturated carbocycles. The average Bonchev–Trinajstić information content (AvgIpc) is 3.65. The second-order valence-corrected chi connectivity index (χ2v) is 11.2. The van der Waals surface area contributed by atoms with Crippen LogP contribution in [-0.4, -0.2) is 78.1 Å². The fourth-order valence-corrected chi connectivity index (χ4v) is 6.08. The van der Waals surface area contributed by atoms with E-state index in [1.165, 1.54) is 30.8 Å². The van der Waals surface area contributed by atoms with Crippen molar-refractivity contribution in [2.24, 2.45) is 7.05 Å². The first-order valence-electron chi connectivity index (χ1n) is 13.5. The van der Waals surface area contributed by atoms with Crippen LogP contribution in [-0.2, 0) is 11.8 Å². The van der Waals surface area contributed by atoms with Crippen LogP contribution in [0.2, 0.25) is 0 Å². The minimum Gasteiger partial charge on any atom is -0.486 e. The molecule has 3 saturated heterocycles. The van der Waals surface area contributed by atoms with E-state index in [9.17, 15) is 9.18 Å². The summed E-state index contributed by atoms with van der Waals surface area (Å²) in [5, 5.41) is 14.3. The highest BCUT2D eigenvalue weighted by molar-refractivity contribution is 5.62. The number of nitrogens with one attached hydrogen (secondary N) is 2. The van der Waals surface area contributed by atoms with Crippen molar-refractivity contribution in [1.82, 2.24) is 34.7 Å². The number of hydrogen-bond acceptors (Lipinski definition) is 10. The number of hydrogen-bond donors (Lipinski definition) is 2. The lowest BCUT2D eigenvalue weighted by Crippen LogP contribution is -2.55. The number of anilines is 3. The molecular weight excluding hydrogens is 505 g/mol. The van der Waals surface area contributed by atoms with Gasteiger partial charge in [0.1, 0.15) is 17.5 Å². The molecule has 0 radical (unpaired) electrons. The molecule has 3 aliphatic heterocycles. The molecule has 12 nitrogen and oxygen atoms in total. The van der Waals surface area contributed by atoms with E-state index >= 15 is 0 Å². The number of benzene rings is 1. The van der Waals surface area contributed by atoms with E-state index in [4.69, 9.17) is 9.47 Å². The summed E-state index contributed by atoms with van der Waals surface area (Å²) in [4.78, 5) is 23.8. The van der Waals surface area contributed by atoms with Crippen LogP contribution < -0.4 is 21.1 Å². The Kier molecular flexibility index (Phi) is 6.71. The van der Waals surface area contributed by atoms with Gasteiger partial charge in [-0.3, -0.25) is 4.90 Å². The zero-order valence-electron chi connectivity index (χ0n) is 22.4. The van der Waals surface area contributed by atoms with Crippen molar-refractivity contribution in [1.29, 1.82) is 0 Å². The molecule has 3 aliphatic rings. The van der Waals surface area contributed by atoms with Crippen LogP contribution in [0, 0.1) is 5.82 Å². The van der Waals surface area contributed by atoms with E-state index in [-0.39, 0.29) is 29.5 Å². The number of fused-ring (bicyclic) bond motifs is 1. The van der Waals surface area contributed by atoms with E-state index in [2.05, 4.69) is 49.8 Å². The van der Waals surface area contributed by atoms with Gasteiger partial charge in [-0.05, 0) is 74.7 Å². The zero-order valence-corrected chi connectivity index (χ0v) is 22.4. The van der Waals surface area contributed by atoms with Gasteiger partial charge in [0.05, 0.1) is 19.4 Å². The highest BCUT2D eigenvalue weighted by Gasteiger charge is 2.43. The average molecular weight is 540 g/mol. The molecule has 1 aromatic carbocycles. The highest BCUT2D eigenvalue weighted by atomic mass is 19.1. The fourth-order valence-electron chi connectivity index (χ4n) is 6.08. The van der Waals surface area contributed by atoms with Gasteiger partial charge in [0.25, 0.3) is 0 Å². The molecule has 3 fully saturated rings. The molecule has 0 bridgehead atoms. The maximum atomic E-state index is 14.8. The largest absolute Gasteiger partial charge is 0.486 e. The van der Waals surface area contributed by atoms with Crippen LogP contribution in [0.3, 0.4) is 0 Å². The second kappa shape index (κ2) is 10.2. The summed E-state index contributed by atoms with van der Waals surface area (Å²) < 4.78 is 28.6. The molecule has 39 heavy (non-hydrogen) atoms. The van der Waals surface area contributed by atoms with Crippen molar-refractivity contribution >= 4 is 17.5 Å². The van der Waals surface area contributed by atoms with E-state index < -0.39 is 11.5 Å². The molecular formula is C26H34FN9O3. The van der Waals surface area contributed by atoms with Crippen molar-refractivity contribution in [2.75, 3.05) is 30.4 Å². The third-order valence-corrected chi connectivity index (χ3v) is 7.89. The Hall–Kier alpha value is -3.58. The summed E-state index contributed by atoms with van der Waals surface area (Å²) in [6.07, 6.45) is 6.04. The van der Waals surface area contributed by atoms with Gasteiger partial charge in [-0.1, -0.05) is 0 Å². The molecule has 0 aliphatic carbocycles. The van der Waals surface area contributed by atoms with Gasteiger partial charge in [0, 0.05) is 36.8 Å². The molecule has 3 aromatic rings. The van der Waals surface area contributed by atoms with E-state index in [0.717, 1.165) is 30.5 Å². The number of halogens is 1. The minimum atomic E-state index is -0.499. The van der Waals surface area contributed by atoms with Gasteiger partial charge in [0.15, 0.2) is 11.6 Å². The first kappa shape index (κ1) is 25.7. The van der Waals surface area contributed by atoms with Crippen molar-refractivity contribution < 1.29 is 13.9 Å².